The third-order valence-corrected chi connectivity index (χ3v) is 6.15. The first-order valence-corrected chi connectivity index (χ1v) is 11.3. The molecule has 0 spiro atoms. The van der Waals surface area contributed by atoms with Crippen molar-refractivity contribution in [3.05, 3.63) is 64.3 Å². The van der Waals surface area contributed by atoms with Crippen LogP contribution in [0.5, 0.6) is 40.2 Å². The molecule has 2 heterocycles. The minimum atomic E-state index is -0.796. The first-order valence-electron chi connectivity index (χ1n) is 11.3. The Morgan fingerprint density at radius 1 is 0.865 bits per heavy atom. The molecule has 37 heavy (non-hydrogen) atoms. The molecule has 10 nitrogen and oxygen atoms in total. The van der Waals surface area contributed by atoms with E-state index in [-0.39, 0.29) is 34.8 Å². The summed E-state index contributed by atoms with van der Waals surface area (Å²) in [7, 11) is 4.46. The fourth-order valence-corrected chi connectivity index (χ4v) is 4.30. The number of methoxy groups -OCH3 is 3. The molecule has 0 saturated heterocycles. The van der Waals surface area contributed by atoms with Crippen molar-refractivity contribution in [2.24, 2.45) is 0 Å². The number of phenolic OH excluding ortho intramolecular Hbond substituents is 1. The van der Waals surface area contributed by atoms with Gasteiger partial charge in [0.1, 0.15) is 22.5 Å². The van der Waals surface area contributed by atoms with E-state index >= 15 is 0 Å². The molecule has 1 aromatic heterocycles. The molecule has 2 unspecified atom stereocenters. The SMILES string of the molecule is COc1cc(O)c2c(=O)c(O)c(-c3ccc4c(c3)OC(c3ccc(OC)c(OC)c3)C(CO)O4)oc2c1. The first-order chi connectivity index (χ1) is 17.9. The van der Waals surface area contributed by atoms with Crippen LogP contribution in [0.25, 0.3) is 22.3 Å². The van der Waals surface area contributed by atoms with Gasteiger partial charge < -0.3 is 43.4 Å². The highest BCUT2D eigenvalue weighted by atomic mass is 16.6. The third kappa shape index (κ3) is 4.11. The number of aliphatic hydroxyl groups excluding tert-OH is 1. The summed E-state index contributed by atoms with van der Waals surface area (Å²) in [6.07, 6.45) is -1.41. The number of rotatable bonds is 6. The number of benzene rings is 3. The summed E-state index contributed by atoms with van der Waals surface area (Å²) in [4.78, 5) is 12.8. The van der Waals surface area contributed by atoms with Crippen molar-refractivity contribution in [2.45, 2.75) is 12.2 Å². The standard InChI is InChI=1S/C27H24O10/c1-32-15-10-16(29)23-21(11-15)37-27(25(31)24(23)30)14-5-7-18-20(9-14)36-26(22(12-28)35-18)13-4-6-17(33-2)19(8-13)34-3/h4-11,22,26,28-29,31H,12H2,1-3H3. The summed E-state index contributed by atoms with van der Waals surface area (Å²) in [5.74, 6) is 0.800. The normalized spacial score (nSPS) is 16.4. The van der Waals surface area contributed by atoms with Gasteiger partial charge in [0.25, 0.3) is 0 Å². The Labute approximate surface area is 210 Å². The number of fused-ring (bicyclic) bond motifs is 2. The lowest BCUT2D eigenvalue weighted by molar-refractivity contribution is -0.0123. The van der Waals surface area contributed by atoms with Crippen LogP contribution in [0.3, 0.4) is 0 Å². The van der Waals surface area contributed by atoms with E-state index in [4.69, 9.17) is 28.1 Å². The fourth-order valence-electron chi connectivity index (χ4n) is 4.30. The van der Waals surface area contributed by atoms with E-state index in [0.717, 1.165) is 0 Å². The first kappa shape index (κ1) is 24.1. The number of aliphatic hydroxyl groups is 1. The summed E-state index contributed by atoms with van der Waals surface area (Å²) in [6.45, 7) is -0.314. The molecule has 10 heteroatoms. The maximum atomic E-state index is 12.8. The van der Waals surface area contributed by atoms with Gasteiger partial charge in [-0.05, 0) is 30.3 Å². The number of aromatic hydroxyl groups is 2. The van der Waals surface area contributed by atoms with Crippen molar-refractivity contribution in [3.63, 3.8) is 0 Å². The molecule has 0 saturated carbocycles. The molecule has 1 aliphatic rings. The smallest absolute Gasteiger partial charge is 0.238 e. The quantitative estimate of drug-likeness (QED) is 0.353. The van der Waals surface area contributed by atoms with Gasteiger partial charge in [0, 0.05) is 23.3 Å². The van der Waals surface area contributed by atoms with Crippen molar-refractivity contribution >= 4 is 11.0 Å². The predicted molar refractivity (Wildman–Crippen MR) is 132 cm³/mol. The lowest BCUT2D eigenvalue weighted by Crippen LogP contribution is -2.36. The van der Waals surface area contributed by atoms with Crippen LogP contribution in [0.4, 0.5) is 0 Å². The third-order valence-electron chi connectivity index (χ3n) is 6.15. The van der Waals surface area contributed by atoms with Crippen molar-refractivity contribution in [2.75, 3.05) is 27.9 Å². The lowest BCUT2D eigenvalue weighted by Gasteiger charge is -2.33. The monoisotopic (exact) mass is 508 g/mol. The fraction of sp³-hybridized carbons (Fsp3) is 0.222. The van der Waals surface area contributed by atoms with Gasteiger partial charge in [0.05, 0.1) is 27.9 Å². The topological polar surface area (TPSA) is 137 Å². The second kappa shape index (κ2) is 9.47. The van der Waals surface area contributed by atoms with Gasteiger partial charge in [0.15, 0.2) is 41.0 Å². The zero-order valence-corrected chi connectivity index (χ0v) is 20.2. The Morgan fingerprint density at radius 3 is 2.35 bits per heavy atom. The van der Waals surface area contributed by atoms with Crippen LogP contribution in [0, 0.1) is 0 Å². The van der Waals surface area contributed by atoms with E-state index in [1.165, 1.54) is 33.5 Å². The van der Waals surface area contributed by atoms with Crippen molar-refractivity contribution < 1.29 is 43.4 Å². The van der Waals surface area contributed by atoms with Gasteiger partial charge >= 0.3 is 0 Å². The number of ether oxygens (including phenoxy) is 5. The second-order valence-corrected chi connectivity index (χ2v) is 8.28. The minimum absolute atomic E-state index is 0.0353. The zero-order valence-electron chi connectivity index (χ0n) is 20.2. The number of hydrogen-bond acceptors (Lipinski definition) is 10. The van der Waals surface area contributed by atoms with Crippen LogP contribution < -0.4 is 29.1 Å². The molecule has 0 aliphatic carbocycles. The molecule has 2 atom stereocenters. The summed E-state index contributed by atoms with van der Waals surface area (Å²) in [5.41, 5.74) is 0.244. The molecule has 3 N–H and O–H groups in total. The van der Waals surface area contributed by atoms with E-state index < -0.39 is 23.4 Å². The molecule has 0 fully saturated rings. The van der Waals surface area contributed by atoms with E-state index in [1.54, 1.807) is 36.4 Å². The maximum Gasteiger partial charge on any atom is 0.238 e. The average molecular weight is 508 g/mol. The van der Waals surface area contributed by atoms with Gasteiger partial charge in [-0.15, -0.1) is 0 Å². The van der Waals surface area contributed by atoms with Gasteiger partial charge in [-0.2, -0.15) is 0 Å². The summed E-state index contributed by atoms with van der Waals surface area (Å²) >= 11 is 0. The number of phenols is 1. The molecular weight excluding hydrogens is 484 g/mol. The molecule has 1 aliphatic heterocycles. The van der Waals surface area contributed by atoms with Crippen molar-refractivity contribution in [3.8, 4) is 51.6 Å². The van der Waals surface area contributed by atoms with Gasteiger partial charge in [-0.3, -0.25) is 4.79 Å². The van der Waals surface area contributed by atoms with Crippen LogP contribution in [-0.2, 0) is 0 Å². The van der Waals surface area contributed by atoms with Crippen LogP contribution in [0.15, 0.2) is 57.7 Å². The maximum absolute atomic E-state index is 12.8. The largest absolute Gasteiger partial charge is 0.507 e. The van der Waals surface area contributed by atoms with Crippen LogP contribution in [0.1, 0.15) is 11.7 Å². The highest BCUT2D eigenvalue weighted by Crippen LogP contribution is 2.44. The molecule has 5 rings (SSSR count). The summed E-state index contributed by atoms with van der Waals surface area (Å²) in [5, 5.41) is 30.7. The van der Waals surface area contributed by atoms with Gasteiger partial charge in [0.2, 0.25) is 11.2 Å². The van der Waals surface area contributed by atoms with Crippen molar-refractivity contribution in [1.29, 1.82) is 0 Å². The van der Waals surface area contributed by atoms with Gasteiger partial charge in [-0.25, -0.2) is 0 Å². The Morgan fingerprint density at radius 2 is 1.65 bits per heavy atom. The Kier molecular flexibility index (Phi) is 6.18. The zero-order chi connectivity index (χ0) is 26.3. The molecule has 4 aromatic rings. The molecule has 192 valence electrons. The molecule has 0 bridgehead atoms. The Balaban J connectivity index is 1.58. The lowest BCUT2D eigenvalue weighted by atomic mass is 10.0. The summed E-state index contributed by atoms with van der Waals surface area (Å²) in [6, 6.07) is 12.7. The van der Waals surface area contributed by atoms with Crippen LogP contribution in [-0.4, -0.2) is 49.4 Å². The van der Waals surface area contributed by atoms with E-state index in [0.29, 0.717) is 34.1 Å². The van der Waals surface area contributed by atoms with E-state index in [2.05, 4.69) is 0 Å². The van der Waals surface area contributed by atoms with Crippen LogP contribution >= 0.6 is 0 Å². The average Bonchev–Trinajstić information content (AvgIpc) is 2.93. The van der Waals surface area contributed by atoms with E-state index in [9.17, 15) is 20.1 Å². The van der Waals surface area contributed by atoms with Crippen molar-refractivity contribution in [1.82, 2.24) is 0 Å². The molecule has 0 radical (unpaired) electrons. The predicted octanol–water partition coefficient (Wildman–Crippen LogP) is 3.77. The molecule has 3 aromatic carbocycles. The second-order valence-electron chi connectivity index (χ2n) is 8.28. The Bertz CT molecular complexity index is 1540. The molecular formula is C27H24O10. The van der Waals surface area contributed by atoms with Crippen LogP contribution in [0.2, 0.25) is 0 Å². The van der Waals surface area contributed by atoms with Gasteiger partial charge in [-0.1, -0.05) is 6.07 Å². The minimum Gasteiger partial charge on any atom is -0.507 e. The number of hydrogen-bond donors (Lipinski definition) is 3. The van der Waals surface area contributed by atoms with E-state index in [1.807, 2.05) is 0 Å². The molecule has 0 amide bonds. The summed E-state index contributed by atoms with van der Waals surface area (Å²) < 4.78 is 33.9. The highest BCUT2D eigenvalue weighted by Gasteiger charge is 2.34. The Hall–Kier alpha value is -4.57. The highest BCUT2D eigenvalue weighted by molar-refractivity contribution is 5.88.